The van der Waals surface area contributed by atoms with Gasteiger partial charge in [0.25, 0.3) is 0 Å². The molecule has 1 aromatic heterocycles. The van der Waals surface area contributed by atoms with Gasteiger partial charge in [-0.15, -0.1) is 0 Å². The van der Waals surface area contributed by atoms with Crippen molar-refractivity contribution < 1.29 is 22.4 Å². The molecule has 2 aliphatic heterocycles. The highest BCUT2D eigenvalue weighted by molar-refractivity contribution is 5.30. The summed E-state index contributed by atoms with van der Waals surface area (Å²) in [5.41, 5.74) is 8.56. The molecule has 5 rings (SSSR count). The van der Waals surface area contributed by atoms with Crippen molar-refractivity contribution in [3.8, 4) is 0 Å². The smallest absolute Gasteiger partial charge is 0.157 e. The predicted octanol–water partition coefficient (Wildman–Crippen LogP) is 3.42. The molecule has 4 aliphatic rings. The highest BCUT2D eigenvalue weighted by Crippen LogP contribution is 2.44. The molecule has 1 aromatic rings. The number of ether oxygens (including phenoxy) is 1. The number of nitrogens with zero attached hydrogens (tertiary/aromatic N) is 2. The van der Waals surface area contributed by atoms with E-state index in [0.717, 1.165) is 43.8 Å². The van der Waals surface area contributed by atoms with Crippen LogP contribution in [0.25, 0.3) is 0 Å². The molecular formula is C20H24F3N3O2. The first-order chi connectivity index (χ1) is 13.5. The van der Waals surface area contributed by atoms with E-state index in [1.165, 1.54) is 5.56 Å². The number of aromatic nitrogens is 1. The normalized spacial score (nSPS) is 34.4. The lowest BCUT2D eigenvalue weighted by Crippen LogP contribution is -2.55. The quantitative estimate of drug-likeness (QED) is 0.850. The first kappa shape index (κ1) is 18.4. The Morgan fingerprint density at radius 1 is 1.21 bits per heavy atom. The Balaban J connectivity index is 1.25. The average molecular weight is 395 g/mol. The molecule has 0 bridgehead atoms. The third-order valence-electron chi connectivity index (χ3n) is 6.48. The summed E-state index contributed by atoms with van der Waals surface area (Å²) in [6.07, 6.45) is 3.40. The Kier molecular flexibility index (Phi) is 4.60. The summed E-state index contributed by atoms with van der Waals surface area (Å²) in [5.74, 6) is -2.10. The van der Waals surface area contributed by atoms with Crippen LogP contribution in [0, 0.1) is 5.92 Å². The van der Waals surface area contributed by atoms with Crippen LogP contribution in [0.4, 0.5) is 13.2 Å². The second-order valence-corrected chi connectivity index (χ2v) is 8.41. The van der Waals surface area contributed by atoms with Crippen molar-refractivity contribution in [1.82, 2.24) is 10.1 Å². The van der Waals surface area contributed by atoms with Gasteiger partial charge in [0, 0.05) is 61.5 Å². The van der Waals surface area contributed by atoms with E-state index < -0.39 is 35.5 Å². The minimum atomic E-state index is -1.14. The van der Waals surface area contributed by atoms with E-state index >= 15 is 0 Å². The molecule has 1 saturated carbocycles. The zero-order valence-corrected chi connectivity index (χ0v) is 15.5. The Hall–Kier alpha value is -1.64. The number of allylic oxidation sites excluding steroid dienone is 3. The molecule has 0 radical (unpaired) electrons. The Labute approximate surface area is 161 Å². The number of halogens is 3. The van der Waals surface area contributed by atoms with E-state index in [1.54, 1.807) is 0 Å². The van der Waals surface area contributed by atoms with E-state index in [4.69, 9.17) is 15.0 Å². The lowest BCUT2D eigenvalue weighted by Gasteiger charge is -2.43. The maximum Gasteiger partial charge on any atom is 0.157 e. The van der Waals surface area contributed by atoms with Crippen LogP contribution in [-0.4, -0.2) is 41.4 Å². The third-order valence-corrected chi connectivity index (χ3v) is 6.48. The van der Waals surface area contributed by atoms with Gasteiger partial charge in [0.2, 0.25) is 0 Å². The minimum absolute atomic E-state index is 0.106. The van der Waals surface area contributed by atoms with Gasteiger partial charge < -0.3 is 15.0 Å². The molecule has 1 saturated heterocycles. The Morgan fingerprint density at radius 2 is 2.04 bits per heavy atom. The van der Waals surface area contributed by atoms with Crippen molar-refractivity contribution in [1.29, 1.82) is 0 Å². The van der Waals surface area contributed by atoms with Crippen molar-refractivity contribution in [2.75, 3.05) is 13.2 Å². The highest BCUT2D eigenvalue weighted by atomic mass is 19.2. The van der Waals surface area contributed by atoms with E-state index in [1.807, 2.05) is 0 Å². The topological polar surface area (TPSA) is 64.5 Å². The molecule has 3 heterocycles. The zero-order valence-electron chi connectivity index (χ0n) is 15.5. The SMILES string of the molecule is NC1CC(N2CCc3noc(C4CC4)c3C2)CO[C@@H]1C1CC(F)=C(F)C=C1F. The zero-order chi connectivity index (χ0) is 19.4. The van der Waals surface area contributed by atoms with Gasteiger partial charge in [0.15, 0.2) is 5.83 Å². The Morgan fingerprint density at radius 3 is 2.79 bits per heavy atom. The van der Waals surface area contributed by atoms with Gasteiger partial charge in [-0.1, -0.05) is 5.16 Å². The van der Waals surface area contributed by atoms with E-state index in [9.17, 15) is 13.2 Å². The van der Waals surface area contributed by atoms with Crippen LogP contribution in [0.15, 0.2) is 28.1 Å². The fourth-order valence-corrected chi connectivity index (χ4v) is 4.73. The fraction of sp³-hybridized carbons (Fsp3) is 0.650. The maximum atomic E-state index is 14.2. The summed E-state index contributed by atoms with van der Waals surface area (Å²) in [5, 5.41) is 4.23. The molecule has 4 atom stereocenters. The van der Waals surface area contributed by atoms with Crippen molar-refractivity contribution in [3.63, 3.8) is 0 Å². The maximum absolute atomic E-state index is 14.2. The van der Waals surface area contributed by atoms with Gasteiger partial charge in [0.1, 0.15) is 17.4 Å². The van der Waals surface area contributed by atoms with Gasteiger partial charge in [-0.2, -0.15) is 0 Å². The molecule has 2 aliphatic carbocycles. The molecule has 2 fully saturated rings. The Bertz CT molecular complexity index is 833. The van der Waals surface area contributed by atoms with Gasteiger partial charge >= 0.3 is 0 Å². The number of hydrogen-bond donors (Lipinski definition) is 1. The van der Waals surface area contributed by atoms with Crippen LogP contribution < -0.4 is 5.73 Å². The molecule has 8 heteroatoms. The number of rotatable bonds is 3. The van der Waals surface area contributed by atoms with Gasteiger partial charge in [-0.05, 0) is 19.3 Å². The molecule has 3 unspecified atom stereocenters. The summed E-state index contributed by atoms with van der Waals surface area (Å²) >= 11 is 0. The number of fused-ring (bicyclic) bond motifs is 1. The fourth-order valence-electron chi connectivity index (χ4n) is 4.73. The van der Waals surface area contributed by atoms with Gasteiger partial charge in [-0.3, -0.25) is 4.90 Å². The minimum Gasteiger partial charge on any atom is -0.374 e. The molecule has 28 heavy (non-hydrogen) atoms. The molecule has 0 aromatic carbocycles. The first-order valence-electron chi connectivity index (χ1n) is 10.0. The summed E-state index contributed by atoms with van der Waals surface area (Å²) in [6.45, 7) is 2.00. The molecule has 2 N–H and O–H groups in total. The summed E-state index contributed by atoms with van der Waals surface area (Å²) in [6, 6.07) is -0.335. The number of nitrogens with two attached hydrogens (primary N) is 1. The van der Waals surface area contributed by atoms with Crippen molar-refractivity contribution >= 4 is 0 Å². The predicted molar refractivity (Wildman–Crippen MR) is 95.3 cm³/mol. The van der Waals surface area contributed by atoms with E-state index in [-0.39, 0.29) is 12.5 Å². The lowest BCUT2D eigenvalue weighted by molar-refractivity contribution is -0.0743. The second kappa shape index (κ2) is 7.00. The van der Waals surface area contributed by atoms with Crippen LogP contribution in [0.2, 0.25) is 0 Å². The number of hydrogen-bond acceptors (Lipinski definition) is 5. The summed E-state index contributed by atoms with van der Waals surface area (Å²) < 4.78 is 52.6. The van der Waals surface area contributed by atoms with Crippen LogP contribution in [0.3, 0.4) is 0 Å². The van der Waals surface area contributed by atoms with Crippen LogP contribution >= 0.6 is 0 Å². The van der Waals surface area contributed by atoms with Crippen LogP contribution in [0.1, 0.15) is 48.6 Å². The van der Waals surface area contributed by atoms with Crippen molar-refractivity contribution in [2.45, 2.75) is 62.8 Å². The third kappa shape index (κ3) is 3.21. The first-order valence-corrected chi connectivity index (χ1v) is 10.0. The molecule has 152 valence electrons. The van der Waals surface area contributed by atoms with Crippen LogP contribution in [-0.2, 0) is 17.7 Å². The second-order valence-electron chi connectivity index (χ2n) is 8.41. The van der Waals surface area contributed by atoms with Crippen molar-refractivity contribution in [3.05, 3.63) is 40.6 Å². The molecule has 0 spiro atoms. The molecular weight excluding hydrogens is 371 g/mol. The molecule has 0 amide bonds. The van der Waals surface area contributed by atoms with E-state index in [2.05, 4.69) is 10.1 Å². The van der Waals surface area contributed by atoms with Gasteiger partial charge in [0.05, 0.1) is 18.4 Å². The standard InChI is InChI=1S/C20H24F3N3O2/c21-14-7-16(23)15(22)6-12(14)20-17(24)5-11(9-27-20)26-4-3-18-13(8-26)19(28-25-18)10-1-2-10/h7,10-12,17,20H,1-6,8-9,24H2/t11?,12?,17?,20-/m1/s1. The summed E-state index contributed by atoms with van der Waals surface area (Å²) in [7, 11) is 0. The van der Waals surface area contributed by atoms with Gasteiger partial charge in [-0.25, -0.2) is 13.2 Å². The van der Waals surface area contributed by atoms with Crippen LogP contribution in [0.5, 0.6) is 0 Å². The lowest BCUT2D eigenvalue weighted by atomic mass is 9.84. The largest absolute Gasteiger partial charge is 0.374 e. The molecule has 5 nitrogen and oxygen atoms in total. The monoisotopic (exact) mass is 395 g/mol. The highest BCUT2D eigenvalue weighted by Gasteiger charge is 2.42. The summed E-state index contributed by atoms with van der Waals surface area (Å²) in [4.78, 5) is 2.33. The average Bonchev–Trinajstić information content (AvgIpc) is 3.43. The van der Waals surface area contributed by atoms with Crippen molar-refractivity contribution in [2.24, 2.45) is 11.7 Å². The van der Waals surface area contributed by atoms with E-state index in [0.29, 0.717) is 25.0 Å².